The topological polar surface area (TPSA) is 79.5 Å². The highest BCUT2D eigenvalue weighted by Gasteiger charge is 2.21. The third kappa shape index (κ3) is 4.39. The minimum absolute atomic E-state index is 0.190. The first kappa shape index (κ1) is 20.4. The zero-order chi connectivity index (χ0) is 21.2. The molecule has 3 rings (SSSR count). The van der Waals surface area contributed by atoms with E-state index in [1.807, 2.05) is 18.2 Å². The van der Waals surface area contributed by atoms with E-state index in [9.17, 15) is 14.4 Å². The quantitative estimate of drug-likeness (QED) is 0.618. The van der Waals surface area contributed by atoms with E-state index in [4.69, 9.17) is 9.47 Å². The molecule has 29 heavy (non-hydrogen) atoms. The average molecular weight is 396 g/mol. The second-order valence-corrected chi connectivity index (χ2v) is 7.55. The minimum Gasteiger partial charge on any atom is -0.462 e. The molecule has 0 saturated carbocycles. The van der Waals surface area contributed by atoms with Crippen LogP contribution in [0.4, 0.5) is 0 Å². The van der Waals surface area contributed by atoms with Gasteiger partial charge in [-0.05, 0) is 64.1 Å². The van der Waals surface area contributed by atoms with Crippen LogP contribution < -0.4 is 5.69 Å². The van der Waals surface area contributed by atoms with Crippen molar-refractivity contribution >= 4 is 23.0 Å². The molecule has 0 bridgehead atoms. The van der Waals surface area contributed by atoms with E-state index in [1.54, 1.807) is 58.0 Å². The highest BCUT2D eigenvalue weighted by molar-refractivity contribution is 5.89. The Morgan fingerprint density at radius 3 is 2.17 bits per heavy atom. The summed E-state index contributed by atoms with van der Waals surface area (Å²) in [5, 5.41) is 0. The largest absolute Gasteiger partial charge is 0.462 e. The molecule has 1 aromatic heterocycles. The molecule has 3 aromatic rings. The van der Waals surface area contributed by atoms with Crippen LogP contribution in [0.3, 0.4) is 0 Å². The number of para-hydroxylation sites is 2. The van der Waals surface area contributed by atoms with Crippen LogP contribution in [-0.2, 0) is 20.8 Å². The summed E-state index contributed by atoms with van der Waals surface area (Å²) in [6.45, 7) is 7.18. The van der Waals surface area contributed by atoms with Crippen LogP contribution in [0.5, 0.6) is 0 Å². The van der Waals surface area contributed by atoms with Crippen LogP contribution in [0, 0.1) is 0 Å². The number of esters is 2. The van der Waals surface area contributed by atoms with Crippen molar-refractivity contribution in [3.8, 4) is 5.69 Å². The Morgan fingerprint density at radius 2 is 1.59 bits per heavy atom. The minimum atomic E-state index is -0.637. The summed E-state index contributed by atoms with van der Waals surface area (Å²) in [5.74, 6) is -0.904. The predicted octanol–water partition coefficient (Wildman–Crippen LogP) is 3.31. The molecule has 0 spiro atoms. The first-order valence-electron chi connectivity index (χ1n) is 9.41. The van der Waals surface area contributed by atoms with Crippen LogP contribution >= 0.6 is 0 Å². The third-order valence-corrected chi connectivity index (χ3v) is 4.18. The van der Waals surface area contributed by atoms with Gasteiger partial charge in [0.2, 0.25) is 0 Å². The van der Waals surface area contributed by atoms with E-state index in [-0.39, 0.29) is 18.8 Å². The van der Waals surface area contributed by atoms with E-state index in [1.165, 1.54) is 9.13 Å². The van der Waals surface area contributed by atoms with Crippen LogP contribution in [0.2, 0.25) is 0 Å². The Hall–Kier alpha value is -3.35. The number of rotatable bonds is 5. The average Bonchev–Trinajstić information content (AvgIpc) is 2.92. The fraction of sp³-hybridized carbons (Fsp3) is 0.318. The lowest BCUT2D eigenvalue weighted by Gasteiger charge is -2.19. The molecule has 0 amide bonds. The zero-order valence-electron chi connectivity index (χ0n) is 17.0. The maximum atomic E-state index is 13.1. The fourth-order valence-electron chi connectivity index (χ4n) is 3.07. The maximum absolute atomic E-state index is 13.1. The molecule has 0 N–H and O–H groups in total. The Labute approximate surface area is 168 Å². The zero-order valence-corrected chi connectivity index (χ0v) is 17.0. The van der Waals surface area contributed by atoms with Gasteiger partial charge in [0.25, 0.3) is 0 Å². The summed E-state index contributed by atoms with van der Waals surface area (Å²) < 4.78 is 13.3. The molecule has 0 aliphatic rings. The normalized spacial score (nSPS) is 11.4. The van der Waals surface area contributed by atoms with Gasteiger partial charge in [-0.2, -0.15) is 0 Å². The van der Waals surface area contributed by atoms with Crippen LogP contribution in [0.1, 0.15) is 38.1 Å². The predicted molar refractivity (Wildman–Crippen MR) is 109 cm³/mol. The van der Waals surface area contributed by atoms with E-state index >= 15 is 0 Å². The summed E-state index contributed by atoms with van der Waals surface area (Å²) in [6.07, 6.45) is 0. The maximum Gasteiger partial charge on any atom is 0.338 e. The van der Waals surface area contributed by atoms with Gasteiger partial charge in [0.15, 0.2) is 0 Å². The van der Waals surface area contributed by atoms with Crippen molar-refractivity contribution in [1.29, 1.82) is 0 Å². The molecule has 0 unspecified atom stereocenters. The van der Waals surface area contributed by atoms with Gasteiger partial charge in [0, 0.05) is 0 Å². The lowest BCUT2D eigenvalue weighted by Crippen LogP contribution is -2.31. The Bertz CT molecular complexity index is 1100. The van der Waals surface area contributed by atoms with Crippen LogP contribution in [-0.4, -0.2) is 33.3 Å². The van der Waals surface area contributed by atoms with Crippen LogP contribution in [0.15, 0.2) is 53.3 Å². The first-order valence-corrected chi connectivity index (χ1v) is 9.41. The standard InChI is InChI=1S/C22H24N2O5/c1-5-28-20(26)15-10-12-16(13-11-15)24-18-9-7-6-8-17(18)23(21(24)27)14-19(25)29-22(2,3)4/h6-13H,5,14H2,1-4H3. The molecule has 7 nitrogen and oxygen atoms in total. The molecule has 0 aliphatic heterocycles. The van der Waals surface area contributed by atoms with Gasteiger partial charge < -0.3 is 9.47 Å². The highest BCUT2D eigenvalue weighted by Crippen LogP contribution is 2.19. The van der Waals surface area contributed by atoms with Crippen LogP contribution in [0.25, 0.3) is 16.7 Å². The summed E-state index contributed by atoms with van der Waals surface area (Å²) in [5.41, 5.74) is 1.27. The van der Waals surface area contributed by atoms with Gasteiger partial charge in [-0.1, -0.05) is 12.1 Å². The number of fused-ring (bicyclic) bond motifs is 1. The van der Waals surface area contributed by atoms with E-state index < -0.39 is 17.5 Å². The molecular formula is C22H24N2O5. The summed E-state index contributed by atoms with van der Waals surface area (Å²) in [4.78, 5) is 37.3. The van der Waals surface area contributed by atoms with Gasteiger partial charge in [0.1, 0.15) is 12.1 Å². The lowest BCUT2D eigenvalue weighted by atomic mass is 10.2. The molecule has 152 valence electrons. The lowest BCUT2D eigenvalue weighted by molar-refractivity contribution is -0.155. The monoisotopic (exact) mass is 396 g/mol. The Balaban J connectivity index is 2.03. The number of aromatic nitrogens is 2. The first-order chi connectivity index (χ1) is 13.7. The molecule has 0 fully saturated rings. The number of benzene rings is 2. The molecule has 7 heteroatoms. The van der Waals surface area contributed by atoms with Crippen molar-refractivity contribution in [2.75, 3.05) is 6.61 Å². The molecule has 1 heterocycles. The van der Waals surface area contributed by atoms with Crippen molar-refractivity contribution in [3.63, 3.8) is 0 Å². The summed E-state index contributed by atoms with van der Waals surface area (Å²) in [6, 6.07) is 13.8. The van der Waals surface area contributed by atoms with Gasteiger partial charge >= 0.3 is 17.6 Å². The van der Waals surface area contributed by atoms with Gasteiger partial charge in [-0.25, -0.2) is 9.59 Å². The van der Waals surface area contributed by atoms with Crippen molar-refractivity contribution in [2.24, 2.45) is 0 Å². The number of hydrogen-bond acceptors (Lipinski definition) is 5. The van der Waals surface area contributed by atoms with E-state index in [0.717, 1.165) is 0 Å². The number of imidazole rings is 1. The summed E-state index contributed by atoms with van der Waals surface area (Å²) >= 11 is 0. The Morgan fingerprint density at radius 1 is 0.966 bits per heavy atom. The van der Waals surface area contributed by atoms with Gasteiger partial charge in [-0.15, -0.1) is 0 Å². The molecular weight excluding hydrogens is 372 g/mol. The molecule has 0 saturated heterocycles. The SMILES string of the molecule is CCOC(=O)c1ccc(-n2c(=O)n(CC(=O)OC(C)(C)C)c3ccccc32)cc1. The fourth-order valence-corrected chi connectivity index (χ4v) is 3.07. The molecule has 0 atom stereocenters. The molecule has 0 radical (unpaired) electrons. The number of carbonyl (C=O) groups is 2. The molecule has 0 aliphatic carbocycles. The second kappa shape index (κ2) is 7.95. The van der Waals surface area contributed by atoms with Crippen molar-refractivity contribution < 1.29 is 19.1 Å². The number of carbonyl (C=O) groups excluding carboxylic acids is 2. The van der Waals surface area contributed by atoms with E-state index in [2.05, 4.69) is 0 Å². The van der Waals surface area contributed by atoms with Crippen molar-refractivity contribution in [3.05, 3.63) is 64.6 Å². The van der Waals surface area contributed by atoms with Crippen molar-refractivity contribution in [1.82, 2.24) is 9.13 Å². The number of ether oxygens (including phenoxy) is 2. The number of nitrogens with zero attached hydrogens (tertiary/aromatic N) is 2. The van der Waals surface area contributed by atoms with Gasteiger partial charge in [-0.3, -0.25) is 13.9 Å². The van der Waals surface area contributed by atoms with Crippen molar-refractivity contribution in [2.45, 2.75) is 39.8 Å². The van der Waals surface area contributed by atoms with Gasteiger partial charge in [0.05, 0.1) is 28.9 Å². The Kier molecular flexibility index (Phi) is 5.59. The smallest absolute Gasteiger partial charge is 0.338 e. The highest BCUT2D eigenvalue weighted by atomic mass is 16.6. The third-order valence-electron chi connectivity index (χ3n) is 4.18. The molecule has 2 aromatic carbocycles. The second-order valence-electron chi connectivity index (χ2n) is 7.55. The van der Waals surface area contributed by atoms with E-state index in [0.29, 0.717) is 22.3 Å². The number of hydrogen-bond donors (Lipinski definition) is 0. The summed E-state index contributed by atoms with van der Waals surface area (Å²) in [7, 11) is 0.